The van der Waals surface area contributed by atoms with E-state index in [1.165, 1.54) is 12.1 Å². The van der Waals surface area contributed by atoms with Gasteiger partial charge < -0.3 is 20.3 Å². The molecule has 0 atom stereocenters. The second-order valence-electron chi connectivity index (χ2n) is 4.54. The summed E-state index contributed by atoms with van der Waals surface area (Å²) in [6.45, 7) is -0.117. The van der Waals surface area contributed by atoms with E-state index in [0.29, 0.717) is 6.54 Å². The SMILES string of the molecule is O=C(COC(=O)c1ccc(O)cc1O)NCc1ccccc1. The van der Waals surface area contributed by atoms with Crippen molar-refractivity contribution in [2.75, 3.05) is 6.61 Å². The number of amides is 1. The summed E-state index contributed by atoms with van der Waals surface area (Å²) in [5.74, 6) is -1.87. The van der Waals surface area contributed by atoms with Gasteiger partial charge in [0.1, 0.15) is 17.1 Å². The first-order valence-electron chi connectivity index (χ1n) is 6.56. The lowest BCUT2D eigenvalue weighted by Gasteiger charge is -2.07. The van der Waals surface area contributed by atoms with Gasteiger partial charge in [0.05, 0.1) is 0 Å². The third kappa shape index (κ3) is 4.24. The molecule has 114 valence electrons. The summed E-state index contributed by atoms with van der Waals surface area (Å²) >= 11 is 0. The van der Waals surface area contributed by atoms with Crippen LogP contribution in [0.2, 0.25) is 0 Å². The van der Waals surface area contributed by atoms with Crippen LogP contribution in [0, 0.1) is 0 Å². The summed E-state index contributed by atoms with van der Waals surface area (Å²) in [4.78, 5) is 23.3. The zero-order valence-electron chi connectivity index (χ0n) is 11.7. The average molecular weight is 301 g/mol. The second kappa shape index (κ2) is 7.12. The molecule has 0 aromatic heterocycles. The van der Waals surface area contributed by atoms with Crippen molar-refractivity contribution < 1.29 is 24.5 Å². The molecule has 0 fully saturated rings. The fourth-order valence-electron chi connectivity index (χ4n) is 1.75. The van der Waals surface area contributed by atoms with E-state index in [4.69, 9.17) is 9.84 Å². The third-order valence-electron chi connectivity index (χ3n) is 2.87. The van der Waals surface area contributed by atoms with Crippen LogP contribution in [0.3, 0.4) is 0 Å². The van der Waals surface area contributed by atoms with Gasteiger partial charge in [-0.3, -0.25) is 4.79 Å². The first-order chi connectivity index (χ1) is 10.6. The minimum atomic E-state index is -0.840. The van der Waals surface area contributed by atoms with E-state index in [2.05, 4.69) is 5.32 Å². The maximum absolute atomic E-state index is 11.7. The highest BCUT2D eigenvalue weighted by Gasteiger charge is 2.14. The van der Waals surface area contributed by atoms with Crippen LogP contribution in [0.1, 0.15) is 15.9 Å². The second-order valence-corrected chi connectivity index (χ2v) is 4.54. The Bertz CT molecular complexity index is 669. The Labute approximate surface area is 127 Å². The van der Waals surface area contributed by atoms with Gasteiger partial charge in [0, 0.05) is 12.6 Å². The maximum Gasteiger partial charge on any atom is 0.342 e. The summed E-state index contributed by atoms with van der Waals surface area (Å²) in [5, 5.41) is 21.3. The van der Waals surface area contributed by atoms with Crippen molar-refractivity contribution in [2.45, 2.75) is 6.54 Å². The predicted octanol–water partition coefficient (Wildman–Crippen LogP) is 1.57. The number of aromatic hydroxyl groups is 2. The molecule has 2 aromatic carbocycles. The number of nitrogens with one attached hydrogen (secondary N) is 1. The zero-order chi connectivity index (χ0) is 15.9. The highest BCUT2D eigenvalue weighted by Crippen LogP contribution is 2.23. The molecule has 0 bridgehead atoms. The molecule has 2 aromatic rings. The van der Waals surface area contributed by atoms with Gasteiger partial charge in [-0.05, 0) is 17.7 Å². The van der Waals surface area contributed by atoms with Crippen molar-refractivity contribution in [3.8, 4) is 11.5 Å². The molecule has 0 aliphatic heterocycles. The predicted molar refractivity (Wildman–Crippen MR) is 78.3 cm³/mol. The van der Waals surface area contributed by atoms with Crippen LogP contribution in [-0.2, 0) is 16.1 Å². The maximum atomic E-state index is 11.7. The molecule has 0 heterocycles. The Morgan fingerprint density at radius 3 is 2.45 bits per heavy atom. The first-order valence-corrected chi connectivity index (χ1v) is 6.56. The molecular formula is C16H15NO5. The number of hydrogen-bond acceptors (Lipinski definition) is 5. The van der Waals surface area contributed by atoms with Crippen LogP contribution in [0.15, 0.2) is 48.5 Å². The number of benzene rings is 2. The van der Waals surface area contributed by atoms with Gasteiger partial charge in [-0.2, -0.15) is 0 Å². The molecule has 0 saturated heterocycles. The molecule has 0 aliphatic rings. The lowest BCUT2D eigenvalue weighted by atomic mass is 10.2. The lowest BCUT2D eigenvalue weighted by Crippen LogP contribution is -2.28. The molecular weight excluding hydrogens is 286 g/mol. The van der Waals surface area contributed by atoms with Crippen LogP contribution >= 0.6 is 0 Å². The topological polar surface area (TPSA) is 95.9 Å². The van der Waals surface area contributed by atoms with E-state index < -0.39 is 24.2 Å². The number of carbonyl (C=O) groups excluding carboxylic acids is 2. The van der Waals surface area contributed by atoms with Crippen LogP contribution < -0.4 is 5.32 Å². The van der Waals surface area contributed by atoms with Gasteiger partial charge in [0.2, 0.25) is 0 Å². The molecule has 0 saturated carbocycles. The van der Waals surface area contributed by atoms with E-state index in [0.717, 1.165) is 11.6 Å². The molecule has 1 amide bonds. The number of phenolic OH excluding ortho intramolecular Hbond substituents is 2. The van der Waals surface area contributed by atoms with Gasteiger partial charge in [-0.15, -0.1) is 0 Å². The number of phenols is 2. The van der Waals surface area contributed by atoms with Gasteiger partial charge >= 0.3 is 5.97 Å². The van der Waals surface area contributed by atoms with Crippen LogP contribution in [0.5, 0.6) is 11.5 Å². The van der Waals surface area contributed by atoms with Gasteiger partial charge in [-0.25, -0.2) is 4.79 Å². The zero-order valence-corrected chi connectivity index (χ0v) is 11.7. The van der Waals surface area contributed by atoms with Crippen molar-refractivity contribution in [2.24, 2.45) is 0 Å². The Morgan fingerprint density at radius 2 is 1.77 bits per heavy atom. The smallest absolute Gasteiger partial charge is 0.342 e. The number of esters is 1. The summed E-state index contributed by atoms with van der Waals surface area (Å²) in [5.41, 5.74) is 0.812. The van der Waals surface area contributed by atoms with Gasteiger partial charge in [0.15, 0.2) is 6.61 Å². The van der Waals surface area contributed by atoms with Crippen LogP contribution in [0.25, 0.3) is 0 Å². The molecule has 0 spiro atoms. The van der Waals surface area contributed by atoms with Crippen LogP contribution in [-0.4, -0.2) is 28.7 Å². The van der Waals surface area contributed by atoms with Gasteiger partial charge in [0.25, 0.3) is 5.91 Å². The minimum Gasteiger partial charge on any atom is -0.508 e. The first kappa shape index (κ1) is 15.4. The molecule has 22 heavy (non-hydrogen) atoms. The monoisotopic (exact) mass is 301 g/mol. The normalized spacial score (nSPS) is 10.0. The van der Waals surface area contributed by atoms with E-state index in [9.17, 15) is 14.7 Å². The van der Waals surface area contributed by atoms with Crippen molar-refractivity contribution >= 4 is 11.9 Å². The van der Waals surface area contributed by atoms with Crippen molar-refractivity contribution in [1.82, 2.24) is 5.32 Å². The third-order valence-corrected chi connectivity index (χ3v) is 2.87. The summed E-state index contributed by atoms with van der Waals surface area (Å²) in [6.07, 6.45) is 0. The number of carbonyl (C=O) groups is 2. The summed E-state index contributed by atoms with van der Waals surface area (Å²) < 4.78 is 4.81. The highest BCUT2D eigenvalue weighted by molar-refractivity contribution is 5.94. The van der Waals surface area contributed by atoms with Gasteiger partial charge in [-0.1, -0.05) is 30.3 Å². The van der Waals surface area contributed by atoms with Crippen molar-refractivity contribution in [3.63, 3.8) is 0 Å². The molecule has 0 aliphatic carbocycles. The quantitative estimate of drug-likeness (QED) is 0.729. The molecule has 2 rings (SSSR count). The standard InChI is InChI=1S/C16H15NO5/c18-12-6-7-13(14(19)8-12)16(21)22-10-15(20)17-9-11-4-2-1-3-5-11/h1-8,18-19H,9-10H2,(H,17,20). The number of rotatable bonds is 5. The van der Waals surface area contributed by atoms with E-state index in [1.807, 2.05) is 30.3 Å². The molecule has 6 nitrogen and oxygen atoms in total. The van der Waals surface area contributed by atoms with Crippen LogP contribution in [0.4, 0.5) is 0 Å². The molecule has 3 N–H and O–H groups in total. The van der Waals surface area contributed by atoms with Crippen molar-refractivity contribution in [3.05, 3.63) is 59.7 Å². The molecule has 6 heteroatoms. The fourth-order valence-corrected chi connectivity index (χ4v) is 1.75. The highest BCUT2D eigenvalue weighted by atomic mass is 16.5. The van der Waals surface area contributed by atoms with E-state index >= 15 is 0 Å². The molecule has 0 radical (unpaired) electrons. The lowest BCUT2D eigenvalue weighted by molar-refractivity contribution is -0.124. The summed E-state index contributed by atoms with van der Waals surface area (Å²) in [7, 11) is 0. The summed E-state index contributed by atoms with van der Waals surface area (Å²) in [6, 6.07) is 12.8. The minimum absolute atomic E-state index is 0.117. The molecule has 0 unspecified atom stereocenters. The Morgan fingerprint density at radius 1 is 1.05 bits per heavy atom. The Balaban J connectivity index is 1.82. The Hall–Kier alpha value is -3.02. The van der Waals surface area contributed by atoms with E-state index in [1.54, 1.807) is 0 Å². The number of ether oxygens (including phenoxy) is 1. The Kier molecular flexibility index (Phi) is 4.98. The number of hydrogen-bond donors (Lipinski definition) is 3. The fraction of sp³-hybridized carbons (Fsp3) is 0.125. The van der Waals surface area contributed by atoms with E-state index in [-0.39, 0.29) is 11.3 Å². The average Bonchev–Trinajstić information content (AvgIpc) is 2.51. The largest absolute Gasteiger partial charge is 0.508 e. The van der Waals surface area contributed by atoms with Crippen molar-refractivity contribution in [1.29, 1.82) is 0 Å².